The van der Waals surface area contributed by atoms with Crippen molar-refractivity contribution in [3.8, 4) is 0 Å². The Bertz CT molecular complexity index is 340. The molecule has 0 heterocycles. The van der Waals surface area contributed by atoms with Crippen LogP contribution in [-0.2, 0) is 11.3 Å². The van der Waals surface area contributed by atoms with Crippen LogP contribution in [0.4, 0.5) is 4.79 Å². The number of nitrogens with one attached hydrogen (secondary N) is 1. The van der Waals surface area contributed by atoms with Crippen molar-refractivity contribution in [1.82, 2.24) is 5.32 Å². The van der Waals surface area contributed by atoms with Gasteiger partial charge >= 0.3 is 6.09 Å². The molecule has 5 heteroatoms. The molecule has 1 aromatic carbocycles. The summed E-state index contributed by atoms with van der Waals surface area (Å²) in [5.74, 6) is 0. The van der Waals surface area contributed by atoms with Crippen LogP contribution in [0.25, 0.3) is 0 Å². The van der Waals surface area contributed by atoms with Gasteiger partial charge in [-0.15, -0.1) is 0 Å². The molecule has 0 saturated carbocycles. The minimum absolute atomic E-state index is 0.157. The molecule has 0 aliphatic rings. The third kappa shape index (κ3) is 4.84. The molecular formula is C12H17NO4. The van der Waals surface area contributed by atoms with Crippen molar-refractivity contribution in [2.24, 2.45) is 0 Å². The van der Waals surface area contributed by atoms with Crippen molar-refractivity contribution in [1.29, 1.82) is 0 Å². The molecule has 17 heavy (non-hydrogen) atoms. The topological polar surface area (TPSA) is 78.8 Å². The van der Waals surface area contributed by atoms with Gasteiger partial charge in [0.15, 0.2) is 0 Å². The molecule has 0 radical (unpaired) electrons. The van der Waals surface area contributed by atoms with Gasteiger partial charge in [0.05, 0.1) is 18.8 Å². The van der Waals surface area contributed by atoms with Gasteiger partial charge in [-0.05, 0) is 12.5 Å². The smallest absolute Gasteiger partial charge is 0.407 e. The summed E-state index contributed by atoms with van der Waals surface area (Å²) in [6, 6.07) is 8.54. The van der Waals surface area contributed by atoms with Crippen LogP contribution in [0.5, 0.6) is 0 Å². The minimum atomic E-state index is -0.829. The number of benzene rings is 1. The number of ether oxygens (including phenoxy) is 1. The van der Waals surface area contributed by atoms with Crippen molar-refractivity contribution >= 4 is 6.09 Å². The van der Waals surface area contributed by atoms with E-state index < -0.39 is 18.2 Å². The van der Waals surface area contributed by atoms with E-state index in [9.17, 15) is 9.90 Å². The van der Waals surface area contributed by atoms with Crippen molar-refractivity contribution in [2.45, 2.75) is 25.7 Å². The highest BCUT2D eigenvalue weighted by atomic mass is 16.5. The highest BCUT2D eigenvalue weighted by Gasteiger charge is 2.16. The van der Waals surface area contributed by atoms with Gasteiger partial charge in [-0.2, -0.15) is 0 Å². The molecule has 0 bridgehead atoms. The summed E-state index contributed by atoms with van der Waals surface area (Å²) in [4.78, 5) is 11.3. The van der Waals surface area contributed by atoms with E-state index in [1.54, 1.807) is 0 Å². The number of aliphatic hydroxyl groups is 2. The third-order valence-electron chi connectivity index (χ3n) is 2.30. The van der Waals surface area contributed by atoms with Crippen molar-refractivity contribution in [3.05, 3.63) is 35.9 Å². The third-order valence-corrected chi connectivity index (χ3v) is 2.30. The summed E-state index contributed by atoms with van der Waals surface area (Å²) in [5, 5.41) is 20.5. The van der Waals surface area contributed by atoms with E-state index in [0.29, 0.717) is 0 Å². The predicted octanol–water partition coefficient (Wildman–Crippen LogP) is 0.654. The summed E-state index contributed by atoms with van der Waals surface area (Å²) >= 11 is 0. The van der Waals surface area contributed by atoms with Crippen LogP contribution >= 0.6 is 0 Å². The van der Waals surface area contributed by atoms with Gasteiger partial charge in [0.25, 0.3) is 0 Å². The molecule has 0 unspecified atom stereocenters. The van der Waals surface area contributed by atoms with E-state index in [2.05, 4.69) is 5.32 Å². The molecular weight excluding hydrogens is 222 g/mol. The second kappa shape index (κ2) is 6.88. The van der Waals surface area contributed by atoms with Crippen LogP contribution in [0.15, 0.2) is 30.3 Å². The highest BCUT2D eigenvalue weighted by molar-refractivity contribution is 5.67. The summed E-state index contributed by atoms with van der Waals surface area (Å²) in [6.45, 7) is 1.31. The van der Waals surface area contributed by atoms with Gasteiger partial charge < -0.3 is 20.3 Å². The minimum Gasteiger partial charge on any atom is -0.445 e. The number of rotatable bonds is 5. The first-order valence-electron chi connectivity index (χ1n) is 5.39. The van der Waals surface area contributed by atoms with Crippen LogP contribution in [0.3, 0.4) is 0 Å². The van der Waals surface area contributed by atoms with Crippen LogP contribution in [0, 0.1) is 0 Å². The molecule has 0 fully saturated rings. The van der Waals surface area contributed by atoms with Crippen LogP contribution in [0.1, 0.15) is 12.5 Å². The first-order chi connectivity index (χ1) is 8.13. The van der Waals surface area contributed by atoms with Crippen molar-refractivity contribution in [2.75, 3.05) is 6.61 Å². The summed E-state index contributed by atoms with van der Waals surface area (Å²) in [6.07, 6.45) is -1.49. The Kier molecular flexibility index (Phi) is 5.45. The van der Waals surface area contributed by atoms with Crippen molar-refractivity contribution in [3.63, 3.8) is 0 Å². The van der Waals surface area contributed by atoms with Gasteiger partial charge in [-0.1, -0.05) is 30.3 Å². The Morgan fingerprint density at radius 1 is 1.41 bits per heavy atom. The Labute approximate surface area is 100 Å². The lowest BCUT2D eigenvalue weighted by Crippen LogP contribution is -2.44. The molecule has 2 atom stereocenters. The molecule has 1 rings (SSSR count). The molecule has 3 N–H and O–H groups in total. The zero-order valence-corrected chi connectivity index (χ0v) is 9.67. The number of alkyl carbamates (subject to hydrolysis) is 1. The molecule has 0 aliphatic heterocycles. The van der Waals surface area contributed by atoms with E-state index in [0.717, 1.165) is 5.56 Å². The molecule has 0 saturated heterocycles. The average Bonchev–Trinajstić information content (AvgIpc) is 2.34. The highest BCUT2D eigenvalue weighted by Crippen LogP contribution is 2.01. The quantitative estimate of drug-likeness (QED) is 0.705. The molecule has 0 aromatic heterocycles. The number of hydrogen-bond acceptors (Lipinski definition) is 4. The average molecular weight is 239 g/mol. The van der Waals surface area contributed by atoms with Crippen LogP contribution in [0.2, 0.25) is 0 Å². The SMILES string of the molecule is C[C@@H](O)[C@@H](CO)NC(=O)OCc1ccccc1. The lowest BCUT2D eigenvalue weighted by molar-refractivity contribution is 0.0858. The number of carbonyl (C=O) groups is 1. The van der Waals surface area contributed by atoms with E-state index in [4.69, 9.17) is 9.84 Å². The molecule has 0 spiro atoms. The summed E-state index contributed by atoms with van der Waals surface area (Å²) < 4.78 is 4.94. The molecule has 1 aromatic rings. The second-order valence-corrected chi connectivity index (χ2v) is 3.74. The Morgan fingerprint density at radius 2 is 2.06 bits per heavy atom. The Morgan fingerprint density at radius 3 is 2.59 bits per heavy atom. The fourth-order valence-corrected chi connectivity index (χ4v) is 1.23. The first-order valence-corrected chi connectivity index (χ1v) is 5.39. The number of aliphatic hydroxyl groups excluding tert-OH is 2. The fraction of sp³-hybridized carbons (Fsp3) is 0.417. The maximum atomic E-state index is 11.3. The zero-order chi connectivity index (χ0) is 12.7. The molecule has 0 aliphatic carbocycles. The normalized spacial score (nSPS) is 13.8. The molecule has 94 valence electrons. The number of carbonyl (C=O) groups excluding carboxylic acids is 1. The molecule has 1 amide bonds. The van der Waals surface area contributed by atoms with E-state index in [1.165, 1.54) is 6.92 Å². The van der Waals surface area contributed by atoms with E-state index in [1.807, 2.05) is 30.3 Å². The van der Waals surface area contributed by atoms with Gasteiger partial charge in [0.1, 0.15) is 6.61 Å². The van der Waals surface area contributed by atoms with Gasteiger partial charge in [0, 0.05) is 0 Å². The lowest BCUT2D eigenvalue weighted by atomic mass is 10.2. The van der Waals surface area contributed by atoms with E-state index >= 15 is 0 Å². The van der Waals surface area contributed by atoms with Gasteiger partial charge in [0.2, 0.25) is 0 Å². The fourth-order valence-electron chi connectivity index (χ4n) is 1.23. The number of amides is 1. The summed E-state index contributed by atoms with van der Waals surface area (Å²) in [7, 11) is 0. The largest absolute Gasteiger partial charge is 0.445 e. The predicted molar refractivity (Wildman–Crippen MR) is 62.3 cm³/mol. The maximum Gasteiger partial charge on any atom is 0.407 e. The maximum absolute atomic E-state index is 11.3. The Balaban J connectivity index is 2.35. The standard InChI is InChI=1S/C12H17NO4/c1-9(15)11(7-14)13-12(16)17-8-10-5-3-2-4-6-10/h2-6,9,11,14-15H,7-8H2,1H3,(H,13,16)/t9-,11-/m1/s1. The van der Waals surface area contributed by atoms with Gasteiger partial charge in [-0.25, -0.2) is 4.79 Å². The second-order valence-electron chi connectivity index (χ2n) is 3.74. The van der Waals surface area contributed by atoms with Gasteiger partial charge in [-0.3, -0.25) is 0 Å². The first kappa shape index (κ1) is 13.5. The molecule has 5 nitrogen and oxygen atoms in total. The van der Waals surface area contributed by atoms with Crippen LogP contribution < -0.4 is 5.32 Å². The number of hydrogen-bond donors (Lipinski definition) is 3. The van der Waals surface area contributed by atoms with E-state index in [-0.39, 0.29) is 13.2 Å². The Hall–Kier alpha value is -1.59. The monoisotopic (exact) mass is 239 g/mol. The van der Waals surface area contributed by atoms with Crippen LogP contribution in [-0.4, -0.2) is 35.1 Å². The zero-order valence-electron chi connectivity index (χ0n) is 9.67. The van der Waals surface area contributed by atoms with Crippen molar-refractivity contribution < 1.29 is 19.7 Å². The summed E-state index contributed by atoms with van der Waals surface area (Å²) in [5.41, 5.74) is 0.875. The lowest BCUT2D eigenvalue weighted by Gasteiger charge is -2.18.